The highest BCUT2D eigenvalue weighted by molar-refractivity contribution is 5.67. The second-order valence-electron chi connectivity index (χ2n) is 19.9. The first kappa shape index (κ1) is 65.9. The van der Waals surface area contributed by atoms with Crippen molar-refractivity contribution in [1.82, 2.24) is 10.6 Å². The Balaban J connectivity index is -0.00000150. The lowest BCUT2D eigenvalue weighted by Crippen LogP contribution is -2.45. The van der Waals surface area contributed by atoms with Crippen LogP contribution in [-0.4, -0.2) is 57.6 Å². The molecular weight excluding hydrogens is 781 g/mol. The summed E-state index contributed by atoms with van der Waals surface area (Å²) in [7, 11) is 0. The van der Waals surface area contributed by atoms with E-state index in [1.807, 2.05) is 13.8 Å². The topological polar surface area (TPSA) is 85.9 Å². The molecule has 0 aliphatic heterocycles. The molecule has 0 saturated carbocycles. The summed E-state index contributed by atoms with van der Waals surface area (Å²) in [5.74, 6) is 0. The molecule has 0 aromatic carbocycles. The molecule has 380 valence electrons. The molecular formula is C56H116N2O5. The van der Waals surface area contributed by atoms with E-state index in [9.17, 15) is 9.59 Å². The number of hydrogen-bond donors (Lipinski definition) is 2. The molecule has 7 nitrogen and oxygen atoms in total. The van der Waals surface area contributed by atoms with Gasteiger partial charge in [-0.15, -0.1) is 0 Å². The number of ether oxygens (including phenoxy) is 3. The Kier molecular flexibility index (Phi) is 54.0. The van der Waals surface area contributed by atoms with Crippen LogP contribution in [0.3, 0.4) is 0 Å². The Bertz CT molecular complexity index is 881. The van der Waals surface area contributed by atoms with Crippen LogP contribution in [0.1, 0.15) is 294 Å². The highest BCUT2D eigenvalue weighted by Crippen LogP contribution is 2.42. The van der Waals surface area contributed by atoms with Gasteiger partial charge in [-0.25, -0.2) is 4.79 Å². The summed E-state index contributed by atoms with van der Waals surface area (Å²) in [6.45, 7) is 26.1. The van der Waals surface area contributed by atoms with Crippen molar-refractivity contribution in [2.45, 2.75) is 307 Å². The van der Waals surface area contributed by atoms with Crippen molar-refractivity contribution in [1.29, 1.82) is 0 Å². The standard InChI is InChI=1S/C36H72N2O5.C18H38.C2H6/c1-8-10-11-12-13-14-15-16-17-18-19-20-21-22-23-24-26-41-28-33(38-31-39)29-43-34(40)37-30-36(6,7)35(4,5)27-32(3)42-25-9-2;1-3-5-7-9-11-13-15-17-18-16-14-12-10-8-6-4-2;1-2/h31-33H,8-30H2,1-7H3,(H,37,40)(H,38,39);3-18H2,1-2H3;1-2H3. The van der Waals surface area contributed by atoms with Gasteiger partial charge in [-0.3, -0.25) is 4.79 Å². The normalized spacial score (nSPS) is 12.4. The minimum Gasteiger partial charge on any atom is -0.447 e. The zero-order chi connectivity index (χ0) is 47.6. The Morgan fingerprint density at radius 2 is 0.841 bits per heavy atom. The van der Waals surface area contributed by atoms with Crippen molar-refractivity contribution in [3.05, 3.63) is 0 Å². The number of carbonyl (C=O) groups excluding carboxylic acids is 2. The molecule has 0 aromatic rings. The number of unbranched alkanes of at least 4 members (excludes halogenated alkanes) is 30. The second-order valence-corrected chi connectivity index (χ2v) is 19.9. The van der Waals surface area contributed by atoms with Crippen LogP contribution in [0.4, 0.5) is 4.79 Å². The molecule has 0 aliphatic carbocycles. The summed E-state index contributed by atoms with van der Waals surface area (Å²) in [6.07, 6.45) is 47.1. The third-order valence-electron chi connectivity index (χ3n) is 13.0. The minimum atomic E-state index is -0.477. The first-order valence-electron chi connectivity index (χ1n) is 27.8. The van der Waals surface area contributed by atoms with Crippen LogP contribution in [-0.2, 0) is 19.0 Å². The van der Waals surface area contributed by atoms with Gasteiger partial charge in [0.2, 0.25) is 6.41 Å². The van der Waals surface area contributed by atoms with Crippen LogP contribution in [0.2, 0.25) is 0 Å². The number of rotatable bonds is 46. The monoisotopic (exact) mass is 897 g/mol. The maximum Gasteiger partial charge on any atom is 0.407 e. The fourth-order valence-corrected chi connectivity index (χ4v) is 7.97. The smallest absolute Gasteiger partial charge is 0.407 e. The molecule has 2 atom stereocenters. The molecule has 0 rings (SSSR count). The minimum absolute atomic E-state index is 0.0461. The van der Waals surface area contributed by atoms with Crippen molar-refractivity contribution in [3.8, 4) is 0 Å². The van der Waals surface area contributed by atoms with Crippen molar-refractivity contribution < 1.29 is 23.8 Å². The summed E-state index contributed by atoms with van der Waals surface area (Å²) in [6, 6.07) is -0.356. The quantitative estimate of drug-likeness (QED) is 0.0470. The average Bonchev–Trinajstić information content (AvgIpc) is 3.27. The third kappa shape index (κ3) is 48.4. The van der Waals surface area contributed by atoms with Gasteiger partial charge in [0, 0.05) is 19.8 Å². The largest absolute Gasteiger partial charge is 0.447 e. The van der Waals surface area contributed by atoms with Gasteiger partial charge in [-0.2, -0.15) is 0 Å². The van der Waals surface area contributed by atoms with Crippen LogP contribution in [0.15, 0.2) is 0 Å². The van der Waals surface area contributed by atoms with E-state index in [0.717, 1.165) is 25.9 Å². The number of alkyl carbamates (subject to hydrolysis) is 1. The van der Waals surface area contributed by atoms with Crippen LogP contribution in [0, 0.1) is 10.8 Å². The maximum atomic E-state index is 12.4. The molecule has 0 bridgehead atoms. The van der Waals surface area contributed by atoms with Crippen molar-refractivity contribution in [2.75, 3.05) is 33.0 Å². The molecule has 7 heteroatoms. The van der Waals surface area contributed by atoms with Gasteiger partial charge in [-0.05, 0) is 37.0 Å². The SMILES string of the molecule is CC.CCCCCCCCCCCCCCCCCC.CCCCCCCCCCCCCCCCCCOCC(COC(=O)NCC(C)(C)C(C)(C)CC(C)OCCC)NC=O. The van der Waals surface area contributed by atoms with E-state index in [4.69, 9.17) is 14.2 Å². The molecule has 0 radical (unpaired) electrons. The van der Waals surface area contributed by atoms with Gasteiger partial charge >= 0.3 is 6.09 Å². The molecule has 2 amide bonds. The lowest BCUT2D eigenvalue weighted by Gasteiger charge is -2.43. The van der Waals surface area contributed by atoms with Crippen LogP contribution < -0.4 is 10.6 Å². The van der Waals surface area contributed by atoms with Gasteiger partial charge in [0.15, 0.2) is 0 Å². The lowest BCUT2D eigenvalue weighted by molar-refractivity contribution is -0.111. The summed E-state index contributed by atoms with van der Waals surface area (Å²) < 4.78 is 17.1. The average molecular weight is 898 g/mol. The molecule has 63 heavy (non-hydrogen) atoms. The molecule has 0 spiro atoms. The molecule has 2 N–H and O–H groups in total. The summed E-state index contributed by atoms with van der Waals surface area (Å²) in [5, 5.41) is 5.62. The van der Waals surface area contributed by atoms with E-state index in [2.05, 4.69) is 72.9 Å². The van der Waals surface area contributed by atoms with Gasteiger partial charge in [-0.1, -0.05) is 268 Å². The summed E-state index contributed by atoms with van der Waals surface area (Å²) in [5.41, 5.74) is -0.206. The zero-order valence-electron chi connectivity index (χ0n) is 44.9. The second kappa shape index (κ2) is 51.6. The zero-order valence-corrected chi connectivity index (χ0v) is 44.9. The van der Waals surface area contributed by atoms with E-state index in [1.54, 1.807) is 0 Å². The molecule has 0 aliphatic rings. The van der Waals surface area contributed by atoms with Crippen molar-refractivity contribution in [3.63, 3.8) is 0 Å². The van der Waals surface area contributed by atoms with E-state index in [1.165, 1.54) is 199 Å². The summed E-state index contributed by atoms with van der Waals surface area (Å²) in [4.78, 5) is 23.5. The Morgan fingerprint density at radius 1 is 0.492 bits per heavy atom. The Labute approximate surface area is 396 Å². The van der Waals surface area contributed by atoms with Gasteiger partial charge in [0.25, 0.3) is 0 Å². The number of hydrogen-bond acceptors (Lipinski definition) is 5. The van der Waals surface area contributed by atoms with Gasteiger partial charge < -0.3 is 24.8 Å². The first-order chi connectivity index (χ1) is 30.5. The lowest BCUT2D eigenvalue weighted by atomic mass is 9.65. The molecule has 0 aromatic heterocycles. The van der Waals surface area contributed by atoms with Crippen LogP contribution in [0.5, 0.6) is 0 Å². The molecule has 0 saturated heterocycles. The van der Waals surface area contributed by atoms with E-state index >= 15 is 0 Å². The summed E-state index contributed by atoms with van der Waals surface area (Å²) >= 11 is 0. The van der Waals surface area contributed by atoms with Crippen LogP contribution in [0.25, 0.3) is 0 Å². The highest BCUT2D eigenvalue weighted by Gasteiger charge is 2.38. The predicted molar refractivity (Wildman–Crippen MR) is 277 cm³/mol. The number of carbonyl (C=O) groups is 2. The molecule has 2 unspecified atom stereocenters. The van der Waals surface area contributed by atoms with Crippen LogP contribution >= 0.6 is 0 Å². The van der Waals surface area contributed by atoms with E-state index < -0.39 is 6.09 Å². The number of nitrogens with one attached hydrogen (secondary N) is 2. The molecule has 0 fully saturated rings. The number of amides is 2. The first-order valence-corrected chi connectivity index (χ1v) is 27.8. The van der Waals surface area contributed by atoms with E-state index in [-0.39, 0.29) is 29.6 Å². The fraction of sp³-hybridized carbons (Fsp3) is 0.964. The maximum absolute atomic E-state index is 12.4. The van der Waals surface area contributed by atoms with Gasteiger partial charge in [0.1, 0.15) is 6.61 Å². The Hall–Kier alpha value is -1.34. The third-order valence-corrected chi connectivity index (χ3v) is 13.0. The van der Waals surface area contributed by atoms with Gasteiger partial charge in [0.05, 0.1) is 18.8 Å². The fourth-order valence-electron chi connectivity index (χ4n) is 7.97. The van der Waals surface area contributed by atoms with Crippen molar-refractivity contribution in [2.24, 2.45) is 10.8 Å². The highest BCUT2D eigenvalue weighted by atomic mass is 16.6. The van der Waals surface area contributed by atoms with E-state index in [0.29, 0.717) is 26.2 Å². The molecule has 0 heterocycles. The van der Waals surface area contributed by atoms with Crippen molar-refractivity contribution >= 4 is 12.5 Å². The predicted octanol–water partition coefficient (Wildman–Crippen LogP) is 17.7. The Morgan fingerprint density at radius 3 is 1.17 bits per heavy atom.